The Kier molecular flexibility index (Phi) is 5.35. The molecular formula is C15H13NO4S2. The van der Waals surface area contributed by atoms with Crippen LogP contribution in [0.4, 0.5) is 0 Å². The van der Waals surface area contributed by atoms with Crippen molar-refractivity contribution >= 4 is 46.3 Å². The maximum atomic E-state index is 12.0. The van der Waals surface area contributed by atoms with Gasteiger partial charge in [0.1, 0.15) is 16.6 Å². The molecule has 0 saturated carbocycles. The van der Waals surface area contributed by atoms with E-state index in [1.54, 1.807) is 19.3 Å². The topological polar surface area (TPSA) is 66.8 Å². The average Bonchev–Trinajstić information content (AvgIpc) is 2.75. The summed E-state index contributed by atoms with van der Waals surface area (Å²) in [7, 11) is 1.60. The highest BCUT2D eigenvalue weighted by atomic mass is 32.2. The summed E-state index contributed by atoms with van der Waals surface area (Å²) in [6, 6.07) is 7.45. The number of aliphatic carboxylic acids is 1. The fourth-order valence-corrected chi connectivity index (χ4v) is 2.95. The zero-order valence-corrected chi connectivity index (χ0v) is 13.3. The van der Waals surface area contributed by atoms with E-state index in [2.05, 4.69) is 0 Å². The van der Waals surface area contributed by atoms with Gasteiger partial charge in [0, 0.05) is 0 Å². The van der Waals surface area contributed by atoms with Gasteiger partial charge in [0.05, 0.1) is 12.0 Å². The van der Waals surface area contributed by atoms with Crippen LogP contribution in [0.1, 0.15) is 5.56 Å². The summed E-state index contributed by atoms with van der Waals surface area (Å²) in [4.78, 5) is 24.2. The van der Waals surface area contributed by atoms with Crippen LogP contribution in [0.5, 0.6) is 5.75 Å². The summed E-state index contributed by atoms with van der Waals surface area (Å²) in [5.74, 6) is -0.699. The highest BCUT2D eigenvalue weighted by molar-refractivity contribution is 8.26. The number of benzene rings is 1. The first-order chi connectivity index (χ1) is 10.5. The number of thiocarbonyl (C=S) groups is 1. The summed E-state index contributed by atoms with van der Waals surface area (Å²) in [6.07, 6.45) is 5.20. The lowest BCUT2D eigenvalue weighted by molar-refractivity contribution is -0.140. The Morgan fingerprint density at radius 2 is 2.09 bits per heavy atom. The predicted molar refractivity (Wildman–Crippen MR) is 89.6 cm³/mol. The van der Waals surface area contributed by atoms with E-state index >= 15 is 0 Å². The Morgan fingerprint density at radius 1 is 1.41 bits per heavy atom. The lowest BCUT2D eigenvalue weighted by Crippen LogP contribution is -2.33. The van der Waals surface area contributed by atoms with E-state index in [9.17, 15) is 9.59 Å². The van der Waals surface area contributed by atoms with Crippen molar-refractivity contribution in [2.75, 3.05) is 13.7 Å². The summed E-state index contributed by atoms with van der Waals surface area (Å²) < 4.78 is 5.33. The standard InChI is InChI=1S/C15H13NO4S2/c1-20-11-7-5-10(6-8-11)3-2-4-12-14(19)16(9-13(17)18)15(21)22-12/h2-8H,9H2,1H3,(H,17,18). The number of hydrogen-bond donors (Lipinski definition) is 1. The summed E-state index contributed by atoms with van der Waals surface area (Å²) in [5, 5.41) is 8.76. The summed E-state index contributed by atoms with van der Waals surface area (Å²) in [5.41, 5.74) is 0.957. The van der Waals surface area contributed by atoms with Gasteiger partial charge in [-0.1, -0.05) is 48.3 Å². The number of hydrogen-bond acceptors (Lipinski definition) is 5. The van der Waals surface area contributed by atoms with Crippen LogP contribution in [0.3, 0.4) is 0 Å². The molecule has 22 heavy (non-hydrogen) atoms. The molecule has 0 spiro atoms. The molecule has 1 heterocycles. The number of allylic oxidation sites excluding steroid dienone is 2. The molecule has 1 aromatic rings. The first kappa shape index (κ1) is 16.3. The Hall–Kier alpha value is -2.12. The number of thioether (sulfide) groups is 1. The lowest BCUT2D eigenvalue weighted by atomic mass is 10.2. The largest absolute Gasteiger partial charge is 0.497 e. The normalized spacial score (nSPS) is 16.8. The van der Waals surface area contributed by atoms with E-state index in [-0.39, 0.29) is 10.2 Å². The number of amides is 1. The Balaban J connectivity index is 2.06. The summed E-state index contributed by atoms with van der Waals surface area (Å²) in [6.45, 7) is -0.412. The van der Waals surface area contributed by atoms with Crippen molar-refractivity contribution in [3.05, 3.63) is 46.9 Å². The second-order valence-corrected chi connectivity index (χ2v) is 5.99. The van der Waals surface area contributed by atoms with Crippen LogP contribution in [0.25, 0.3) is 6.08 Å². The molecule has 1 aliphatic rings. The molecule has 1 aromatic carbocycles. The lowest BCUT2D eigenvalue weighted by Gasteiger charge is -2.09. The van der Waals surface area contributed by atoms with Gasteiger partial charge in [0.15, 0.2) is 0 Å². The molecule has 0 radical (unpaired) electrons. The molecule has 1 N–H and O–H groups in total. The van der Waals surface area contributed by atoms with Gasteiger partial charge in [0.2, 0.25) is 0 Å². The highest BCUT2D eigenvalue weighted by Crippen LogP contribution is 2.30. The molecule has 1 aliphatic heterocycles. The number of carboxylic acid groups (broad SMARTS) is 1. The van der Waals surface area contributed by atoms with E-state index in [1.165, 1.54) is 0 Å². The van der Waals surface area contributed by atoms with Crippen molar-refractivity contribution in [2.24, 2.45) is 0 Å². The predicted octanol–water partition coefficient (Wildman–Crippen LogP) is 2.54. The maximum absolute atomic E-state index is 12.0. The molecule has 114 valence electrons. The molecule has 0 aliphatic carbocycles. The molecule has 7 heteroatoms. The molecule has 0 atom stereocenters. The first-order valence-electron chi connectivity index (χ1n) is 6.29. The Morgan fingerprint density at radius 3 is 2.68 bits per heavy atom. The molecule has 0 aromatic heterocycles. The third-order valence-electron chi connectivity index (χ3n) is 2.82. The van der Waals surface area contributed by atoms with Crippen molar-refractivity contribution in [2.45, 2.75) is 0 Å². The average molecular weight is 335 g/mol. The quantitative estimate of drug-likeness (QED) is 0.659. The number of carbonyl (C=O) groups excluding carboxylic acids is 1. The second kappa shape index (κ2) is 7.24. The van der Waals surface area contributed by atoms with Crippen LogP contribution in [-0.2, 0) is 9.59 Å². The highest BCUT2D eigenvalue weighted by Gasteiger charge is 2.32. The van der Waals surface area contributed by atoms with Crippen LogP contribution in [0.15, 0.2) is 41.3 Å². The monoisotopic (exact) mass is 335 g/mol. The van der Waals surface area contributed by atoms with Crippen molar-refractivity contribution in [1.82, 2.24) is 4.90 Å². The summed E-state index contributed by atoms with van der Waals surface area (Å²) >= 11 is 6.11. The number of nitrogens with zero attached hydrogens (tertiary/aromatic N) is 1. The van der Waals surface area contributed by atoms with E-state index in [4.69, 9.17) is 22.1 Å². The molecule has 0 unspecified atom stereocenters. The zero-order chi connectivity index (χ0) is 16.1. The van der Waals surface area contributed by atoms with E-state index < -0.39 is 12.5 Å². The minimum atomic E-state index is -1.09. The van der Waals surface area contributed by atoms with Crippen molar-refractivity contribution in [1.29, 1.82) is 0 Å². The van der Waals surface area contributed by atoms with Crippen LogP contribution in [-0.4, -0.2) is 39.9 Å². The van der Waals surface area contributed by atoms with Crippen molar-refractivity contribution < 1.29 is 19.4 Å². The third kappa shape index (κ3) is 3.96. The molecule has 1 saturated heterocycles. The van der Waals surface area contributed by atoms with Gasteiger partial charge in [0.25, 0.3) is 5.91 Å². The molecular weight excluding hydrogens is 322 g/mol. The zero-order valence-electron chi connectivity index (χ0n) is 11.7. The van der Waals surface area contributed by atoms with Crippen LogP contribution >= 0.6 is 24.0 Å². The van der Waals surface area contributed by atoms with Gasteiger partial charge >= 0.3 is 5.97 Å². The van der Waals surface area contributed by atoms with Crippen LogP contribution in [0, 0.1) is 0 Å². The fourth-order valence-electron chi connectivity index (χ4n) is 1.75. The number of rotatable bonds is 5. The van der Waals surface area contributed by atoms with E-state index in [0.29, 0.717) is 4.91 Å². The Labute approximate surface area is 137 Å². The SMILES string of the molecule is COc1ccc(C=CC=C2SC(=S)N(CC(=O)O)C2=O)cc1. The van der Waals surface area contributed by atoms with Crippen molar-refractivity contribution in [3.8, 4) is 5.75 Å². The van der Waals surface area contributed by atoms with Gasteiger partial charge in [-0.15, -0.1) is 0 Å². The van der Waals surface area contributed by atoms with Gasteiger partial charge in [-0.05, 0) is 23.8 Å². The maximum Gasteiger partial charge on any atom is 0.323 e. The van der Waals surface area contributed by atoms with E-state index in [0.717, 1.165) is 28.0 Å². The smallest absolute Gasteiger partial charge is 0.323 e. The van der Waals surface area contributed by atoms with Gasteiger partial charge in [-0.3, -0.25) is 14.5 Å². The van der Waals surface area contributed by atoms with E-state index in [1.807, 2.05) is 30.3 Å². The first-order valence-corrected chi connectivity index (χ1v) is 7.51. The third-order valence-corrected chi connectivity index (χ3v) is 4.22. The van der Waals surface area contributed by atoms with Crippen LogP contribution in [0.2, 0.25) is 0 Å². The van der Waals surface area contributed by atoms with Gasteiger partial charge in [-0.2, -0.15) is 0 Å². The number of methoxy groups -OCH3 is 1. The van der Waals surface area contributed by atoms with Gasteiger partial charge < -0.3 is 9.84 Å². The minimum absolute atomic E-state index is 0.261. The molecule has 1 amide bonds. The molecule has 0 bridgehead atoms. The second-order valence-electron chi connectivity index (χ2n) is 4.32. The van der Waals surface area contributed by atoms with Crippen molar-refractivity contribution in [3.63, 3.8) is 0 Å². The molecule has 2 rings (SSSR count). The van der Waals surface area contributed by atoms with Crippen LogP contribution < -0.4 is 4.74 Å². The number of carbonyl (C=O) groups is 2. The minimum Gasteiger partial charge on any atom is -0.497 e. The molecule has 1 fully saturated rings. The molecule has 5 nitrogen and oxygen atoms in total. The van der Waals surface area contributed by atoms with Gasteiger partial charge in [-0.25, -0.2) is 0 Å². The number of ether oxygens (including phenoxy) is 1. The Bertz CT molecular complexity index is 665. The number of carboxylic acids is 1. The fraction of sp³-hybridized carbons (Fsp3) is 0.133.